The smallest absolute Gasteiger partial charge is 0.147 e. The van der Waals surface area contributed by atoms with Crippen molar-refractivity contribution in [2.45, 2.75) is 20.3 Å². The van der Waals surface area contributed by atoms with Crippen molar-refractivity contribution >= 4 is 22.9 Å². The molecule has 98 valence electrons. The zero-order chi connectivity index (χ0) is 13.3. The monoisotopic (exact) mass is 266 g/mol. The minimum atomic E-state index is -0.235. The van der Waals surface area contributed by atoms with E-state index in [2.05, 4.69) is 18.7 Å². The molecule has 0 amide bonds. The number of halogens is 1. The number of nitrogens with zero attached hydrogens (tertiary/aromatic N) is 1. The lowest BCUT2D eigenvalue weighted by atomic mass is 9.91. The van der Waals surface area contributed by atoms with Gasteiger partial charge in [0.05, 0.1) is 5.69 Å². The Kier molecular flexibility index (Phi) is 3.85. The van der Waals surface area contributed by atoms with E-state index in [0.717, 1.165) is 13.1 Å². The molecule has 0 spiro atoms. The van der Waals surface area contributed by atoms with E-state index >= 15 is 0 Å². The molecule has 1 aromatic rings. The van der Waals surface area contributed by atoms with Crippen molar-refractivity contribution in [3.05, 3.63) is 29.6 Å². The fourth-order valence-electron chi connectivity index (χ4n) is 2.78. The molecule has 1 saturated heterocycles. The van der Waals surface area contributed by atoms with Crippen LogP contribution in [-0.2, 0) is 0 Å². The van der Waals surface area contributed by atoms with Gasteiger partial charge in [0.25, 0.3) is 0 Å². The number of rotatable bonds is 2. The van der Waals surface area contributed by atoms with E-state index in [1.165, 1.54) is 12.5 Å². The molecule has 1 fully saturated rings. The normalized spacial score (nSPS) is 24.1. The Morgan fingerprint density at radius 3 is 2.44 bits per heavy atom. The number of nitrogens with two attached hydrogens (primary N) is 1. The lowest BCUT2D eigenvalue weighted by Crippen LogP contribution is -2.39. The largest absolute Gasteiger partial charge is 0.389 e. The molecule has 2 unspecified atom stereocenters. The Balaban J connectivity index is 2.25. The first kappa shape index (κ1) is 13.3. The summed E-state index contributed by atoms with van der Waals surface area (Å²) in [7, 11) is 0. The first-order valence-corrected chi connectivity index (χ1v) is 6.72. The first-order chi connectivity index (χ1) is 8.47. The quantitative estimate of drug-likeness (QED) is 0.835. The van der Waals surface area contributed by atoms with Gasteiger partial charge < -0.3 is 10.6 Å². The van der Waals surface area contributed by atoms with Gasteiger partial charge in [-0.25, -0.2) is 4.39 Å². The van der Waals surface area contributed by atoms with E-state index in [1.54, 1.807) is 12.1 Å². The SMILES string of the molecule is CC1CC(C)CN(c2ccc(C(N)=S)cc2F)C1. The van der Waals surface area contributed by atoms with Gasteiger partial charge in [-0.05, 0) is 36.5 Å². The summed E-state index contributed by atoms with van der Waals surface area (Å²) in [6, 6.07) is 5.01. The van der Waals surface area contributed by atoms with Gasteiger partial charge in [0, 0.05) is 18.7 Å². The highest BCUT2D eigenvalue weighted by molar-refractivity contribution is 7.80. The topological polar surface area (TPSA) is 29.3 Å². The number of hydrogen-bond acceptors (Lipinski definition) is 2. The number of hydrogen-bond donors (Lipinski definition) is 1. The summed E-state index contributed by atoms with van der Waals surface area (Å²) in [6.45, 7) is 6.25. The lowest BCUT2D eigenvalue weighted by molar-refractivity contribution is 0.354. The number of anilines is 1. The first-order valence-electron chi connectivity index (χ1n) is 6.31. The maximum atomic E-state index is 14.1. The van der Waals surface area contributed by atoms with Crippen molar-refractivity contribution in [3.63, 3.8) is 0 Å². The molecule has 4 heteroatoms. The molecule has 1 heterocycles. The van der Waals surface area contributed by atoms with E-state index in [0.29, 0.717) is 23.1 Å². The Labute approximate surface area is 113 Å². The molecule has 1 aliphatic heterocycles. The van der Waals surface area contributed by atoms with E-state index in [9.17, 15) is 4.39 Å². The second kappa shape index (κ2) is 5.22. The van der Waals surface area contributed by atoms with Gasteiger partial charge in [0.1, 0.15) is 10.8 Å². The minimum absolute atomic E-state index is 0.235. The van der Waals surface area contributed by atoms with Gasteiger partial charge in [-0.2, -0.15) is 0 Å². The second-order valence-corrected chi connectivity index (χ2v) is 5.82. The molecule has 18 heavy (non-hydrogen) atoms. The summed E-state index contributed by atoms with van der Waals surface area (Å²) in [5.74, 6) is 0.966. The molecule has 1 aromatic carbocycles. The summed E-state index contributed by atoms with van der Waals surface area (Å²) in [5.41, 5.74) is 6.75. The summed E-state index contributed by atoms with van der Waals surface area (Å²) >= 11 is 4.86. The predicted molar refractivity (Wildman–Crippen MR) is 77.4 cm³/mol. The van der Waals surface area contributed by atoms with Gasteiger partial charge in [-0.3, -0.25) is 0 Å². The molecule has 0 aromatic heterocycles. The highest BCUT2D eigenvalue weighted by Crippen LogP contribution is 2.28. The van der Waals surface area contributed by atoms with Gasteiger partial charge in [0.2, 0.25) is 0 Å². The average Bonchev–Trinajstić information content (AvgIpc) is 2.27. The second-order valence-electron chi connectivity index (χ2n) is 5.38. The zero-order valence-corrected chi connectivity index (χ0v) is 11.6. The maximum absolute atomic E-state index is 14.1. The van der Waals surface area contributed by atoms with Crippen molar-refractivity contribution in [2.75, 3.05) is 18.0 Å². The van der Waals surface area contributed by atoms with Crippen molar-refractivity contribution in [1.29, 1.82) is 0 Å². The van der Waals surface area contributed by atoms with Crippen LogP contribution in [0.1, 0.15) is 25.8 Å². The molecule has 2 rings (SSSR count). The Bertz CT molecular complexity index is 451. The van der Waals surface area contributed by atoms with Crippen molar-refractivity contribution in [2.24, 2.45) is 17.6 Å². The summed E-state index contributed by atoms with van der Waals surface area (Å²) in [6.07, 6.45) is 1.21. The molecular formula is C14H19FN2S. The van der Waals surface area contributed by atoms with Crippen LogP contribution in [-0.4, -0.2) is 18.1 Å². The molecule has 2 atom stereocenters. The highest BCUT2D eigenvalue weighted by Gasteiger charge is 2.23. The third kappa shape index (κ3) is 2.80. The van der Waals surface area contributed by atoms with Crippen LogP contribution in [0.15, 0.2) is 18.2 Å². The van der Waals surface area contributed by atoms with Gasteiger partial charge in [0.15, 0.2) is 0 Å². The van der Waals surface area contributed by atoms with Crippen LogP contribution in [0.2, 0.25) is 0 Å². The third-order valence-corrected chi connectivity index (χ3v) is 3.68. The van der Waals surface area contributed by atoms with Crippen LogP contribution in [0.4, 0.5) is 10.1 Å². The fourth-order valence-corrected chi connectivity index (χ4v) is 2.90. The zero-order valence-electron chi connectivity index (χ0n) is 10.8. The van der Waals surface area contributed by atoms with Gasteiger partial charge in [-0.15, -0.1) is 0 Å². The molecule has 0 saturated carbocycles. The Morgan fingerprint density at radius 1 is 1.33 bits per heavy atom. The number of thiocarbonyl (C=S) groups is 1. The Hall–Kier alpha value is -1.16. The maximum Gasteiger partial charge on any atom is 0.147 e. The molecule has 0 radical (unpaired) electrons. The summed E-state index contributed by atoms with van der Waals surface area (Å²) < 4.78 is 14.1. The molecule has 0 aliphatic carbocycles. The molecular weight excluding hydrogens is 247 g/mol. The number of piperidine rings is 1. The molecule has 2 N–H and O–H groups in total. The van der Waals surface area contributed by atoms with E-state index in [4.69, 9.17) is 18.0 Å². The molecule has 2 nitrogen and oxygen atoms in total. The predicted octanol–water partition coefficient (Wildman–Crippen LogP) is 2.94. The van der Waals surface area contributed by atoms with Crippen molar-refractivity contribution in [1.82, 2.24) is 0 Å². The van der Waals surface area contributed by atoms with Gasteiger partial charge >= 0.3 is 0 Å². The Morgan fingerprint density at radius 2 is 1.94 bits per heavy atom. The van der Waals surface area contributed by atoms with Crippen molar-refractivity contribution in [3.8, 4) is 0 Å². The number of benzene rings is 1. The van der Waals surface area contributed by atoms with E-state index in [1.807, 2.05) is 0 Å². The average molecular weight is 266 g/mol. The molecule has 1 aliphatic rings. The van der Waals surface area contributed by atoms with Crippen LogP contribution >= 0.6 is 12.2 Å². The standard InChI is InChI=1S/C14H19FN2S/c1-9-5-10(2)8-17(7-9)13-4-3-11(14(16)18)6-12(13)15/h3-4,6,9-10H,5,7-8H2,1-2H3,(H2,16,18). The summed E-state index contributed by atoms with van der Waals surface area (Å²) in [4.78, 5) is 2.36. The van der Waals surface area contributed by atoms with Crippen LogP contribution < -0.4 is 10.6 Å². The van der Waals surface area contributed by atoms with Crippen LogP contribution in [0.3, 0.4) is 0 Å². The summed E-state index contributed by atoms with van der Waals surface area (Å²) in [5, 5.41) is 0. The highest BCUT2D eigenvalue weighted by atomic mass is 32.1. The fraction of sp³-hybridized carbons (Fsp3) is 0.500. The van der Waals surface area contributed by atoms with E-state index < -0.39 is 0 Å². The minimum Gasteiger partial charge on any atom is -0.389 e. The van der Waals surface area contributed by atoms with Gasteiger partial charge in [-0.1, -0.05) is 26.1 Å². The van der Waals surface area contributed by atoms with Crippen LogP contribution in [0.25, 0.3) is 0 Å². The molecule has 0 bridgehead atoms. The van der Waals surface area contributed by atoms with E-state index in [-0.39, 0.29) is 10.8 Å². The lowest BCUT2D eigenvalue weighted by Gasteiger charge is -2.36. The van der Waals surface area contributed by atoms with Crippen LogP contribution in [0.5, 0.6) is 0 Å². The van der Waals surface area contributed by atoms with Crippen LogP contribution in [0, 0.1) is 17.7 Å². The third-order valence-electron chi connectivity index (χ3n) is 3.44. The van der Waals surface area contributed by atoms with Crippen molar-refractivity contribution < 1.29 is 4.39 Å².